The molecule has 0 aliphatic rings. The van der Waals surface area contributed by atoms with Crippen molar-refractivity contribution in [2.45, 2.75) is 13.0 Å². The molecule has 0 saturated carbocycles. The number of hydrogen-bond acceptors (Lipinski definition) is 4. The highest BCUT2D eigenvalue weighted by molar-refractivity contribution is 6.07. The molecule has 1 unspecified atom stereocenters. The molecule has 0 saturated heterocycles. The molecule has 0 fully saturated rings. The number of pyridine rings is 1. The molecule has 14 heavy (non-hydrogen) atoms. The number of Topliss-reactive ketones (excluding diaryl/α,β-unsaturated/α-hetero) is 1. The van der Waals surface area contributed by atoms with Gasteiger partial charge in [-0.3, -0.25) is 14.9 Å². The van der Waals surface area contributed by atoms with E-state index in [0.717, 1.165) is 10.9 Å². The van der Waals surface area contributed by atoms with Crippen LogP contribution >= 0.6 is 0 Å². The lowest BCUT2D eigenvalue weighted by Gasteiger charge is -1.99. The Bertz CT molecular complexity index is 474. The predicted molar refractivity (Wildman–Crippen MR) is 51.9 cm³/mol. The molecule has 5 heteroatoms. The van der Waals surface area contributed by atoms with E-state index in [1.54, 1.807) is 25.4 Å². The van der Waals surface area contributed by atoms with E-state index in [1.165, 1.54) is 0 Å². The van der Waals surface area contributed by atoms with Crippen LogP contribution in [0.5, 0.6) is 0 Å². The highest BCUT2D eigenvalue weighted by Gasteiger charge is 2.16. The van der Waals surface area contributed by atoms with Crippen LogP contribution in [0.15, 0.2) is 18.5 Å². The monoisotopic (exact) mass is 190 g/mol. The Morgan fingerprint density at radius 1 is 1.64 bits per heavy atom. The van der Waals surface area contributed by atoms with Crippen LogP contribution < -0.4 is 5.73 Å². The Labute approximate surface area is 80.3 Å². The fourth-order valence-corrected chi connectivity index (χ4v) is 1.27. The molecule has 2 rings (SSSR count). The summed E-state index contributed by atoms with van der Waals surface area (Å²) in [5.41, 5.74) is 6.63. The summed E-state index contributed by atoms with van der Waals surface area (Å²) in [6, 6.07) is 1.21. The maximum Gasteiger partial charge on any atom is 0.200 e. The Morgan fingerprint density at radius 3 is 3.14 bits per heavy atom. The molecular formula is C9H10N4O. The number of ketones is 1. The molecule has 0 radical (unpaired) electrons. The molecule has 2 aromatic heterocycles. The molecule has 2 heterocycles. The Balaban J connectivity index is 2.58. The van der Waals surface area contributed by atoms with Crippen LogP contribution in [0.3, 0.4) is 0 Å². The SMILES string of the molecule is CC(N)C(=O)c1n[nH]c2cnccc12. The molecule has 0 amide bonds. The van der Waals surface area contributed by atoms with Crippen molar-refractivity contribution in [3.8, 4) is 0 Å². The number of nitrogens with one attached hydrogen (secondary N) is 1. The second kappa shape index (κ2) is 3.19. The van der Waals surface area contributed by atoms with E-state index in [-0.39, 0.29) is 5.78 Å². The number of H-pyrrole nitrogens is 1. The predicted octanol–water partition coefficient (Wildman–Crippen LogP) is 0.488. The first-order chi connectivity index (χ1) is 6.70. The fraction of sp³-hybridized carbons (Fsp3) is 0.222. The summed E-state index contributed by atoms with van der Waals surface area (Å²) in [7, 11) is 0. The van der Waals surface area contributed by atoms with E-state index in [0.29, 0.717) is 5.69 Å². The number of carbonyl (C=O) groups excluding carboxylic acids is 1. The number of fused-ring (bicyclic) bond motifs is 1. The van der Waals surface area contributed by atoms with Gasteiger partial charge in [-0.2, -0.15) is 5.10 Å². The van der Waals surface area contributed by atoms with Gasteiger partial charge in [-0.25, -0.2) is 0 Å². The topological polar surface area (TPSA) is 84.7 Å². The van der Waals surface area contributed by atoms with Gasteiger partial charge in [-0.15, -0.1) is 0 Å². The van der Waals surface area contributed by atoms with E-state index in [2.05, 4.69) is 15.2 Å². The van der Waals surface area contributed by atoms with E-state index in [1.807, 2.05) is 0 Å². The van der Waals surface area contributed by atoms with Gasteiger partial charge in [0.2, 0.25) is 0 Å². The maximum absolute atomic E-state index is 11.6. The molecule has 72 valence electrons. The fourth-order valence-electron chi connectivity index (χ4n) is 1.27. The van der Waals surface area contributed by atoms with Crippen LogP contribution in [0.2, 0.25) is 0 Å². The van der Waals surface area contributed by atoms with Crippen LogP contribution in [0.1, 0.15) is 17.4 Å². The van der Waals surface area contributed by atoms with Crippen molar-refractivity contribution in [2.24, 2.45) is 5.73 Å². The molecule has 3 N–H and O–H groups in total. The highest BCUT2D eigenvalue weighted by Crippen LogP contribution is 2.14. The highest BCUT2D eigenvalue weighted by atomic mass is 16.1. The van der Waals surface area contributed by atoms with Gasteiger partial charge in [0.25, 0.3) is 0 Å². The first-order valence-electron chi connectivity index (χ1n) is 4.28. The van der Waals surface area contributed by atoms with Crippen molar-refractivity contribution in [3.05, 3.63) is 24.2 Å². The summed E-state index contributed by atoms with van der Waals surface area (Å²) in [6.07, 6.45) is 3.25. The van der Waals surface area contributed by atoms with Crippen molar-refractivity contribution in [1.29, 1.82) is 0 Å². The molecule has 5 nitrogen and oxygen atoms in total. The van der Waals surface area contributed by atoms with E-state index in [9.17, 15) is 4.79 Å². The summed E-state index contributed by atoms with van der Waals surface area (Å²) >= 11 is 0. The first-order valence-corrected chi connectivity index (χ1v) is 4.28. The Kier molecular flexibility index (Phi) is 2.01. The normalized spacial score (nSPS) is 13.0. The third kappa shape index (κ3) is 1.27. The largest absolute Gasteiger partial charge is 0.321 e. The average molecular weight is 190 g/mol. The van der Waals surface area contributed by atoms with Gasteiger partial charge in [-0.1, -0.05) is 0 Å². The van der Waals surface area contributed by atoms with E-state index in [4.69, 9.17) is 5.73 Å². The number of rotatable bonds is 2. The first kappa shape index (κ1) is 8.83. The lowest BCUT2D eigenvalue weighted by Crippen LogP contribution is -2.27. The maximum atomic E-state index is 11.6. The molecule has 0 aliphatic carbocycles. The number of nitrogens with zero attached hydrogens (tertiary/aromatic N) is 2. The summed E-state index contributed by atoms with van der Waals surface area (Å²) < 4.78 is 0. The molecule has 0 aliphatic heterocycles. The lowest BCUT2D eigenvalue weighted by atomic mass is 10.1. The molecule has 2 aromatic rings. The van der Waals surface area contributed by atoms with Gasteiger partial charge in [0.05, 0.1) is 17.8 Å². The van der Waals surface area contributed by atoms with Crippen LogP contribution in [-0.2, 0) is 0 Å². The molecular weight excluding hydrogens is 180 g/mol. The van der Waals surface area contributed by atoms with Gasteiger partial charge >= 0.3 is 0 Å². The lowest BCUT2D eigenvalue weighted by molar-refractivity contribution is 0.0964. The van der Waals surface area contributed by atoms with Crippen molar-refractivity contribution in [3.63, 3.8) is 0 Å². The molecule has 0 bridgehead atoms. The van der Waals surface area contributed by atoms with Crippen molar-refractivity contribution < 1.29 is 4.79 Å². The van der Waals surface area contributed by atoms with Gasteiger partial charge in [0.15, 0.2) is 5.78 Å². The molecule has 1 atom stereocenters. The van der Waals surface area contributed by atoms with Crippen LogP contribution in [-0.4, -0.2) is 27.0 Å². The van der Waals surface area contributed by atoms with Gasteiger partial charge in [0.1, 0.15) is 5.69 Å². The van der Waals surface area contributed by atoms with E-state index < -0.39 is 6.04 Å². The van der Waals surface area contributed by atoms with Gasteiger partial charge in [-0.05, 0) is 13.0 Å². The summed E-state index contributed by atoms with van der Waals surface area (Å²) in [5.74, 6) is -0.164. The third-order valence-corrected chi connectivity index (χ3v) is 2.01. The second-order valence-electron chi connectivity index (χ2n) is 3.15. The minimum absolute atomic E-state index is 0.164. The summed E-state index contributed by atoms with van der Waals surface area (Å²) in [5, 5.41) is 7.42. The zero-order valence-corrected chi connectivity index (χ0v) is 7.69. The number of nitrogens with two attached hydrogens (primary N) is 1. The average Bonchev–Trinajstić information content (AvgIpc) is 2.60. The zero-order valence-electron chi connectivity index (χ0n) is 7.69. The smallest absolute Gasteiger partial charge is 0.200 e. The van der Waals surface area contributed by atoms with Crippen LogP contribution in [0, 0.1) is 0 Å². The van der Waals surface area contributed by atoms with E-state index >= 15 is 0 Å². The minimum atomic E-state index is -0.533. The summed E-state index contributed by atoms with van der Waals surface area (Å²) in [6.45, 7) is 1.64. The zero-order chi connectivity index (χ0) is 10.1. The van der Waals surface area contributed by atoms with Crippen LogP contribution in [0.25, 0.3) is 10.9 Å². The number of aromatic nitrogens is 3. The standard InChI is InChI=1S/C9H10N4O/c1-5(10)9(14)8-6-2-3-11-4-7(6)12-13-8/h2-5H,10H2,1H3,(H,12,13). The minimum Gasteiger partial charge on any atom is -0.321 e. The van der Waals surface area contributed by atoms with Gasteiger partial charge in [0, 0.05) is 11.6 Å². The third-order valence-electron chi connectivity index (χ3n) is 2.01. The molecule has 0 spiro atoms. The van der Waals surface area contributed by atoms with Crippen molar-refractivity contribution >= 4 is 16.7 Å². The van der Waals surface area contributed by atoms with Gasteiger partial charge < -0.3 is 5.73 Å². The number of aromatic amines is 1. The molecule has 0 aromatic carbocycles. The second-order valence-corrected chi connectivity index (χ2v) is 3.15. The quantitative estimate of drug-likeness (QED) is 0.675. The Morgan fingerprint density at radius 2 is 2.43 bits per heavy atom. The van der Waals surface area contributed by atoms with Crippen molar-refractivity contribution in [2.75, 3.05) is 0 Å². The number of hydrogen-bond donors (Lipinski definition) is 2. The number of carbonyl (C=O) groups is 1. The Hall–Kier alpha value is -1.75. The summed E-state index contributed by atoms with van der Waals surface area (Å²) in [4.78, 5) is 15.5. The van der Waals surface area contributed by atoms with Crippen LogP contribution in [0.4, 0.5) is 0 Å². The van der Waals surface area contributed by atoms with Crippen molar-refractivity contribution in [1.82, 2.24) is 15.2 Å².